The molecular weight excluding hydrogens is 381 g/mol. The lowest BCUT2D eigenvalue weighted by molar-refractivity contribution is 0.494. The van der Waals surface area contributed by atoms with Crippen LogP contribution >= 0.6 is 23.2 Å². The highest BCUT2D eigenvalue weighted by Gasteiger charge is 2.21. The number of anilines is 1. The van der Waals surface area contributed by atoms with Crippen molar-refractivity contribution in [3.05, 3.63) is 100 Å². The number of nitrogens with zero attached hydrogens (tertiary/aromatic N) is 2. The van der Waals surface area contributed by atoms with Gasteiger partial charge < -0.3 is 9.73 Å². The molecule has 0 aliphatic heterocycles. The quantitative estimate of drug-likeness (QED) is 0.434. The maximum Gasteiger partial charge on any atom is 0.247 e. The molecule has 1 atom stereocenters. The zero-order valence-corrected chi connectivity index (χ0v) is 15.7. The number of hydrogen-bond acceptors (Lipinski definition) is 4. The van der Waals surface area contributed by atoms with E-state index in [1.807, 2.05) is 78.9 Å². The fourth-order valence-electron chi connectivity index (χ4n) is 2.70. The van der Waals surface area contributed by atoms with Crippen LogP contribution in [0.3, 0.4) is 0 Å². The summed E-state index contributed by atoms with van der Waals surface area (Å²) in [7, 11) is 0. The zero-order chi connectivity index (χ0) is 18.6. The second kappa shape index (κ2) is 7.82. The molecule has 0 saturated heterocycles. The second-order valence-corrected chi connectivity index (χ2v) is 6.82. The van der Waals surface area contributed by atoms with Crippen molar-refractivity contribution in [2.24, 2.45) is 0 Å². The predicted molar refractivity (Wildman–Crippen MR) is 108 cm³/mol. The van der Waals surface area contributed by atoms with Gasteiger partial charge in [0, 0.05) is 21.3 Å². The van der Waals surface area contributed by atoms with Gasteiger partial charge in [0.25, 0.3) is 0 Å². The minimum Gasteiger partial charge on any atom is -0.418 e. The Balaban J connectivity index is 1.70. The first kappa shape index (κ1) is 17.6. The number of halogens is 2. The summed E-state index contributed by atoms with van der Waals surface area (Å²) < 4.78 is 5.97. The maximum atomic E-state index is 6.04. The summed E-state index contributed by atoms with van der Waals surface area (Å²) in [6.45, 7) is 0. The first-order valence-corrected chi connectivity index (χ1v) is 9.11. The molecule has 0 spiro atoms. The third-order valence-corrected chi connectivity index (χ3v) is 4.57. The van der Waals surface area contributed by atoms with E-state index < -0.39 is 0 Å². The Morgan fingerprint density at radius 1 is 0.741 bits per heavy atom. The van der Waals surface area contributed by atoms with Gasteiger partial charge >= 0.3 is 0 Å². The molecule has 1 aromatic heterocycles. The van der Waals surface area contributed by atoms with Gasteiger partial charge in [-0.05, 0) is 54.1 Å². The van der Waals surface area contributed by atoms with E-state index in [4.69, 9.17) is 27.6 Å². The van der Waals surface area contributed by atoms with Crippen LogP contribution < -0.4 is 5.32 Å². The summed E-state index contributed by atoms with van der Waals surface area (Å²) in [6, 6.07) is 24.3. The van der Waals surface area contributed by atoms with Crippen molar-refractivity contribution in [3.8, 4) is 11.5 Å². The summed E-state index contributed by atoms with van der Waals surface area (Å²) in [6.07, 6.45) is 0. The highest BCUT2D eigenvalue weighted by molar-refractivity contribution is 6.30. The molecule has 27 heavy (non-hydrogen) atoms. The third kappa shape index (κ3) is 4.13. The van der Waals surface area contributed by atoms with E-state index in [1.54, 1.807) is 0 Å². The van der Waals surface area contributed by atoms with Crippen molar-refractivity contribution in [2.75, 3.05) is 5.32 Å². The Kier molecular flexibility index (Phi) is 5.10. The van der Waals surface area contributed by atoms with Gasteiger partial charge in [-0.15, -0.1) is 10.2 Å². The second-order valence-electron chi connectivity index (χ2n) is 5.95. The van der Waals surface area contributed by atoms with E-state index in [9.17, 15) is 0 Å². The van der Waals surface area contributed by atoms with Gasteiger partial charge in [-0.1, -0.05) is 53.5 Å². The Bertz CT molecular complexity index is 1020. The predicted octanol–water partition coefficient (Wildman–Crippen LogP) is 6.24. The van der Waals surface area contributed by atoms with Gasteiger partial charge in [0.15, 0.2) is 0 Å². The van der Waals surface area contributed by atoms with E-state index >= 15 is 0 Å². The zero-order valence-electron chi connectivity index (χ0n) is 14.1. The van der Waals surface area contributed by atoms with Crippen LogP contribution in [0.1, 0.15) is 17.5 Å². The highest BCUT2D eigenvalue weighted by atomic mass is 35.5. The molecule has 0 saturated carbocycles. The summed E-state index contributed by atoms with van der Waals surface area (Å²) in [5.74, 6) is 0.939. The fourth-order valence-corrected chi connectivity index (χ4v) is 2.96. The van der Waals surface area contributed by atoms with E-state index in [1.165, 1.54) is 0 Å². The molecule has 1 heterocycles. The van der Waals surface area contributed by atoms with Crippen LogP contribution in [0.25, 0.3) is 11.5 Å². The lowest BCUT2D eigenvalue weighted by Crippen LogP contribution is -2.12. The molecule has 0 bridgehead atoms. The Morgan fingerprint density at radius 3 is 2.04 bits per heavy atom. The Labute approximate surface area is 166 Å². The Hall–Kier alpha value is -2.82. The van der Waals surface area contributed by atoms with Crippen LogP contribution in [-0.4, -0.2) is 10.2 Å². The normalized spacial score (nSPS) is 11.9. The molecule has 0 aliphatic rings. The van der Waals surface area contributed by atoms with E-state index in [2.05, 4.69) is 15.5 Å². The van der Waals surface area contributed by atoms with Crippen molar-refractivity contribution in [1.82, 2.24) is 10.2 Å². The van der Waals surface area contributed by atoms with Crippen molar-refractivity contribution in [3.63, 3.8) is 0 Å². The van der Waals surface area contributed by atoms with Crippen LogP contribution in [0.15, 0.2) is 83.3 Å². The van der Waals surface area contributed by atoms with E-state index in [0.29, 0.717) is 21.8 Å². The average Bonchev–Trinajstić information content (AvgIpc) is 3.19. The monoisotopic (exact) mass is 395 g/mol. The van der Waals surface area contributed by atoms with Crippen LogP contribution in [-0.2, 0) is 0 Å². The smallest absolute Gasteiger partial charge is 0.247 e. The minimum atomic E-state index is -0.326. The first-order valence-electron chi connectivity index (χ1n) is 8.35. The lowest BCUT2D eigenvalue weighted by atomic mass is 10.1. The largest absolute Gasteiger partial charge is 0.418 e. The number of hydrogen-bond donors (Lipinski definition) is 1. The van der Waals surface area contributed by atoms with Gasteiger partial charge in [0.1, 0.15) is 6.04 Å². The molecule has 1 unspecified atom stereocenters. The number of aromatic nitrogens is 2. The molecule has 3 aromatic carbocycles. The van der Waals surface area contributed by atoms with Crippen LogP contribution in [0, 0.1) is 0 Å². The molecular formula is C21H15Cl2N3O. The van der Waals surface area contributed by atoms with Crippen molar-refractivity contribution in [1.29, 1.82) is 0 Å². The number of rotatable bonds is 5. The summed E-state index contributed by atoms with van der Waals surface area (Å²) >= 11 is 12.0. The van der Waals surface area contributed by atoms with Gasteiger partial charge in [0.2, 0.25) is 11.8 Å². The Morgan fingerprint density at radius 2 is 1.37 bits per heavy atom. The molecule has 0 amide bonds. The molecule has 134 valence electrons. The van der Waals surface area contributed by atoms with Gasteiger partial charge in [0.05, 0.1) is 0 Å². The van der Waals surface area contributed by atoms with Crippen molar-refractivity contribution in [2.45, 2.75) is 6.04 Å². The standard InChI is InChI=1S/C21H15Cl2N3O/c22-16-8-6-14(7-9-16)19(24-18-12-10-17(23)11-13-18)21-26-25-20(27-21)15-4-2-1-3-5-15/h1-13,19,24H. The average molecular weight is 396 g/mol. The van der Waals surface area contributed by atoms with Gasteiger partial charge in [-0.25, -0.2) is 0 Å². The number of nitrogens with one attached hydrogen (secondary N) is 1. The van der Waals surface area contributed by atoms with Crippen LogP contribution in [0.4, 0.5) is 5.69 Å². The highest BCUT2D eigenvalue weighted by Crippen LogP contribution is 2.29. The number of benzene rings is 3. The summed E-state index contributed by atoms with van der Waals surface area (Å²) in [5, 5.41) is 13.2. The summed E-state index contributed by atoms with van der Waals surface area (Å²) in [4.78, 5) is 0. The van der Waals surface area contributed by atoms with Crippen LogP contribution in [0.5, 0.6) is 0 Å². The first-order chi connectivity index (χ1) is 13.2. The third-order valence-electron chi connectivity index (χ3n) is 4.07. The molecule has 6 heteroatoms. The van der Waals surface area contributed by atoms with Gasteiger partial charge in [-0.3, -0.25) is 0 Å². The molecule has 0 fully saturated rings. The molecule has 0 aliphatic carbocycles. The molecule has 1 N–H and O–H groups in total. The summed E-state index contributed by atoms with van der Waals surface area (Å²) in [5.41, 5.74) is 2.72. The van der Waals surface area contributed by atoms with Crippen molar-refractivity contribution < 1.29 is 4.42 Å². The lowest BCUT2D eigenvalue weighted by Gasteiger charge is -2.17. The molecule has 4 rings (SSSR count). The molecule has 4 nitrogen and oxygen atoms in total. The van der Waals surface area contributed by atoms with Crippen LogP contribution in [0.2, 0.25) is 10.0 Å². The van der Waals surface area contributed by atoms with E-state index in [-0.39, 0.29) is 6.04 Å². The maximum absolute atomic E-state index is 6.04. The van der Waals surface area contributed by atoms with E-state index in [0.717, 1.165) is 16.8 Å². The van der Waals surface area contributed by atoms with Crippen molar-refractivity contribution >= 4 is 28.9 Å². The fraction of sp³-hybridized carbons (Fsp3) is 0.0476. The topological polar surface area (TPSA) is 51.0 Å². The molecule has 0 radical (unpaired) electrons. The minimum absolute atomic E-state index is 0.326. The van der Waals surface area contributed by atoms with Gasteiger partial charge in [-0.2, -0.15) is 0 Å². The SMILES string of the molecule is Clc1ccc(NC(c2ccc(Cl)cc2)c2nnc(-c3ccccc3)o2)cc1. The molecule has 4 aromatic rings.